The Morgan fingerprint density at radius 3 is 2.76 bits per heavy atom. The molecule has 2 fully saturated rings. The molecule has 1 unspecified atom stereocenters. The van der Waals surface area contributed by atoms with Crippen LogP contribution in [-0.2, 0) is 9.59 Å². The molecule has 0 spiro atoms. The minimum atomic E-state index is -0.281. The van der Waals surface area contributed by atoms with E-state index in [1.165, 1.54) is 11.2 Å². The minimum absolute atomic E-state index is 0.0101. The molecule has 6 nitrogen and oxygen atoms in total. The first-order valence-corrected chi connectivity index (χ1v) is 5.63. The maximum Gasteiger partial charge on any atom is 0.250 e. The standard InChI is InChI=1S/C11H12N4O2/c16-10-6-15(8-4-12-7-13-5-8)11(17)9-2-1-3-14(9)10/h4-5,7,9H,1-3,6H2. The van der Waals surface area contributed by atoms with Crippen LogP contribution in [0.2, 0.25) is 0 Å². The van der Waals surface area contributed by atoms with Crippen molar-refractivity contribution >= 4 is 17.5 Å². The predicted octanol–water partition coefficient (Wildman–Crippen LogP) is -0.186. The van der Waals surface area contributed by atoms with Crippen LogP contribution in [0.4, 0.5) is 5.69 Å². The Hall–Kier alpha value is -1.98. The topological polar surface area (TPSA) is 66.4 Å². The molecule has 3 heterocycles. The van der Waals surface area contributed by atoms with E-state index in [-0.39, 0.29) is 24.4 Å². The molecule has 0 aliphatic carbocycles. The van der Waals surface area contributed by atoms with Crippen molar-refractivity contribution in [3.05, 3.63) is 18.7 Å². The molecule has 2 aliphatic heterocycles. The zero-order valence-electron chi connectivity index (χ0n) is 9.24. The SMILES string of the molecule is O=C1C2CCCN2C(=O)CN1c1cncnc1. The molecule has 2 aliphatic rings. The van der Waals surface area contributed by atoms with Crippen LogP contribution in [0, 0.1) is 0 Å². The van der Waals surface area contributed by atoms with Gasteiger partial charge in [-0.1, -0.05) is 0 Å². The van der Waals surface area contributed by atoms with Crippen molar-refractivity contribution in [2.24, 2.45) is 0 Å². The van der Waals surface area contributed by atoms with E-state index in [0.717, 1.165) is 12.8 Å². The lowest BCUT2D eigenvalue weighted by Gasteiger charge is -2.35. The second-order valence-electron chi connectivity index (χ2n) is 4.27. The first-order valence-electron chi connectivity index (χ1n) is 5.63. The Kier molecular flexibility index (Phi) is 2.28. The van der Waals surface area contributed by atoms with Gasteiger partial charge in [0, 0.05) is 6.54 Å². The van der Waals surface area contributed by atoms with E-state index < -0.39 is 0 Å². The number of piperazine rings is 1. The number of carbonyl (C=O) groups is 2. The van der Waals surface area contributed by atoms with Gasteiger partial charge in [0.15, 0.2) is 0 Å². The molecular formula is C11H12N4O2. The van der Waals surface area contributed by atoms with Gasteiger partial charge >= 0.3 is 0 Å². The van der Waals surface area contributed by atoms with Gasteiger partial charge in [0.2, 0.25) is 11.8 Å². The molecular weight excluding hydrogens is 220 g/mol. The van der Waals surface area contributed by atoms with Crippen molar-refractivity contribution in [2.45, 2.75) is 18.9 Å². The van der Waals surface area contributed by atoms with Crippen LogP contribution in [0.5, 0.6) is 0 Å². The summed E-state index contributed by atoms with van der Waals surface area (Å²) in [5.41, 5.74) is 0.595. The highest BCUT2D eigenvalue weighted by Gasteiger charge is 2.42. The summed E-state index contributed by atoms with van der Waals surface area (Å²) in [5.74, 6) is -0.00662. The first-order chi connectivity index (χ1) is 8.27. The number of fused-ring (bicyclic) bond motifs is 1. The molecule has 2 amide bonds. The molecule has 88 valence electrons. The van der Waals surface area contributed by atoms with Crippen LogP contribution in [0.1, 0.15) is 12.8 Å². The third kappa shape index (κ3) is 1.56. The van der Waals surface area contributed by atoms with Crippen molar-refractivity contribution in [1.82, 2.24) is 14.9 Å². The monoisotopic (exact) mass is 232 g/mol. The van der Waals surface area contributed by atoms with Crippen LogP contribution < -0.4 is 4.90 Å². The fourth-order valence-corrected chi connectivity index (χ4v) is 2.45. The van der Waals surface area contributed by atoms with E-state index in [1.54, 1.807) is 17.3 Å². The summed E-state index contributed by atoms with van der Waals surface area (Å²) in [7, 11) is 0. The third-order valence-corrected chi connectivity index (χ3v) is 3.28. The zero-order chi connectivity index (χ0) is 11.8. The number of anilines is 1. The molecule has 0 aromatic carbocycles. The average Bonchev–Trinajstić information content (AvgIpc) is 2.85. The lowest BCUT2D eigenvalue weighted by atomic mass is 10.1. The second kappa shape index (κ2) is 3.80. The van der Waals surface area contributed by atoms with Gasteiger partial charge in [0.1, 0.15) is 18.9 Å². The van der Waals surface area contributed by atoms with E-state index in [9.17, 15) is 9.59 Å². The van der Waals surface area contributed by atoms with E-state index >= 15 is 0 Å². The Balaban J connectivity index is 1.92. The van der Waals surface area contributed by atoms with E-state index in [4.69, 9.17) is 0 Å². The van der Waals surface area contributed by atoms with Crippen molar-refractivity contribution in [1.29, 1.82) is 0 Å². The zero-order valence-corrected chi connectivity index (χ0v) is 9.24. The van der Waals surface area contributed by atoms with Gasteiger partial charge in [0.25, 0.3) is 0 Å². The normalized spacial score (nSPS) is 24.1. The summed E-state index contributed by atoms with van der Waals surface area (Å²) in [6, 6.07) is -0.281. The summed E-state index contributed by atoms with van der Waals surface area (Å²) >= 11 is 0. The number of aromatic nitrogens is 2. The van der Waals surface area contributed by atoms with Gasteiger partial charge in [-0.15, -0.1) is 0 Å². The molecule has 2 saturated heterocycles. The molecule has 0 bridgehead atoms. The maximum atomic E-state index is 12.2. The number of hydrogen-bond donors (Lipinski definition) is 0. The summed E-state index contributed by atoms with van der Waals surface area (Å²) < 4.78 is 0. The van der Waals surface area contributed by atoms with Crippen molar-refractivity contribution in [3.63, 3.8) is 0 Å². The minimum Gasteiger partial charge on any atom is -0.329 e. The Bertz CT molecular complexity index is 462. The van der Waals surface area contributed by atoms with Gasteiger partial charge in [0.05, 0.1) is 18.1 Å². The van der Waals surface area contributed by atoms with Gasteiger partial charge in [-0.3, -0.25) is 14.5 Å². The predicted molar refractivity (Wildman–Crippen MR) is 59.1 cm³/mol. The van der Waals surface area contributed by atoms with Crippen LogP contribution in [0.3, 0.4) is 0 Å². The number of amides is 2. The Morgan fingerprint density at radius 2 is 2.00 bits per heavy atom. The maximum absolute atomic E-state index is 12.2. The molecule has 1 aromatic rings. The van der Waals surface area contributed by atoms with Crippen LogP contribution in [0.25, 0.3) is 0 Å². The van der Waals surface area contributed by atoms with Crippen LogP contribution >= 0.6 is 0 Å². The van der Waals surface area contributed by atoms with Gasteiger partial charge < -0.3 is 4.90 Å². The molecule has 6 heteroatoms. The van der Waals surface area contributed by atoms with E-state index in [0.29, 0.717) is 12.2 Å². The van der Waals surface area contributed by atoms with Crippen LogP contribution in [-0.4, -0.2) is 45.8 Å². The summed E-state index contributed by atoms with van der Waals surface area (Å²) in [6.07, 6.45) is 6.18. The molecule has 0 saturated carbocycles. The average molecular weight is 232 g/mol. The van der Waals surface area contributed by atoms with E-state index in [1.807, 2.05) is 0 Å². The van der Waals surface area contributed by atoms with Gasteiger partial charge in [-0.05, 0) is 12.8 Å². The smallest absolute Gasteiger partial charge is 0.250 e. The molecule has 3 rings (SSSR count). The summed E-state index contributed by atoms with van der Waals surface area (Å²) in [6.45, 7) is 0.803. The molecule has 0 radical (unpaired) electrons. The Morgan fingerprint density at radius 1 is 1.24 bits per heavy atom. The number of hydrogen-bond acceptors (Lipinski definition) is 4. The molecule has 0 N–H and O–H groups in total. The first kappa shape index (κ1) is 10.2. The fraction of sp³-hybridized carbons (Fsp3) is 0.455. The summed E-state index contributed by atoms with van der Waals surface area (Å²) in [4.78, 5) is 35.0. The van der Waals surface area contributed by atoms with Crippen LogP contribution in [0.15, 0.2) is 18.7 Å². The lowest BCUT2D eigenvalue weighted by Crippen LogP contribution is -2.57. The van der Waals surface area contributed by atoms with Crippen molar-refractivity contribution in [3.8, 4) is 0 Å². The number of nitrogens with zero attached hydrogens (tertiary/aromatic N) is 4. The number of carbonyl (C=O) groups excluding carboxylic acids is 2. The largest absolute Gasteiger partial charge is 0.329 e. The third-order valence-electron chi connectivity index (χ3n) is 3.28. The highest BCUT2D eigenvalue weighted by Crippen LogP contribution is 2.26. The van der Waals surface area contributed by atoms with Crippen molar-refractivity contribution in [2.75, 3.05) is 18.0 Å². The summed E-state index contributed by atoms with van der Waals surface area (Å²) in [5, 5.41) is 0. The molecule has 17 heavy (non-hydrogen) atoms. The highest BCUT2D eigenvalue weighted by molar-refractivity contribution is 6.06. The lowest BCUT2D eigenvalue weighted by molar-refractivity contribution is -0.140. The second-order valence-corrected chi connectivity index (χ2v) is 4.27. The van der Waals surface area contributed by atoms with Crippen molar-refractivity contribution < 1.29 is 9.59 Å². The fourth-order valence-electron chi connectivity index (χ4n) is 2.45. The highest BCUT2D eigenvalue weighted by atomic mass is 16.2. The van der Waals surface area contributed by atoms with Gasteiger partial charge in [-0.25, -0.2) is 9.97 Å². The van der Waals surface area contributed by atoms with E-state index in [2.05, 4.69) is 9.97 Å². The number of rotatable bonds is 1. The molecule has 1 atom stereocenters. The Labute approximate surface area is 98.3 Å². The van der Waals surface area contributed by atoms with Gasteiger partial charge in [-0.2, -0.15) is 0 Å². The molecule has 1 aromatic heterocycles. The quantitative estimate of drug-likeness (QED) is 0.673.